The van der Waals surface area contributed by atoms with E-state index in [0.717, 1.165) is 59.7 Å². The smallest absolute Gasteiger partial charge is 0.255 e. The zero-order valence-electron chi connectivity index (χ0n) is 21.4. The van der Waals surface area contributed by atoms with Crippen LogP contribution in [0.1, 0.15) is 68.3 Å². The topological polar surface area (TPSA) is 125 Å². The molecule has 1 aromatic carbocycles. The summed E-state index contributed by atoms with van der Waals surface area (Å²) in [6.07, 6.45) is 7.37. The Hall–Kier alpha value is -3.46. The maximum atomic E-state index is 13.5. The van der Waals surface area contributed by atoms with E-state index in [1.807, 2.05) is 37.4 Å². The molecule has 2 fully saturated rings. The second-order valence-electron chi connectivity index (χ2n) is 10.3. The highest BCUT2D eigenvalue weighted by Crippen LogP contribution is 2.41. The van der Waals surface area contributed by atoms with E-state index in [4.69, 9.17) is 14.6 Å². The summed E-state index contributed by atoms with van der Waals surface area (Å²) in [7, 11) is 1.65. The van der Waals surface area contributed by atoms with E-state index in [9.17, 15) is 9.59 Å². The largest absolute Gasteiger partial charge is 0.497 e. The molecule has 1 atom stereocenters. The van der Waals surface area contributed by atoms with Crippen LogP contribution in [-0.4, -0.2) is 54.3 Å². The Bertz CT molecular complexity index is 1180. The average molecular weight is 509 g/mol. The first-order chi connectivity index (χ1) is 18.0. The lowest BCUT2D eigenvalue weighted by atomic mass is 9.89. The number of fused-ring (bicyclic) bond motifs is 1. The van der Waals surface area contributed by atoms with Gasteiger partial charge in [-0.25, -0.2) is 0 Å². The van der Waals surface area contributed by atoms with Crippen molar-refractivity contribution < 1.29 is 24.2 Å². The van der Waals surface area contributed by atoms with E-state index in [-0.39, 0.29) is 29.9 Å². The fourth-order valence-corrected chi connectivity index (χ4v) is 5.34. The summed E-state index contributed by atoms with van der Waals surface area (Å²) < 4.78 is 11.7. The van der Waals surface area contributed by atoms with Crippen molar-refractivity contribution in [1.29, 1.82) is 0 Å². The minimum atomic E-state index is -0.500. The van der Waals surface area contributed by atoms with Gasteiger partial charge in [0.1, 0.15) is 18.1 Å². The molecule has 9 nitrogen and oxygen atoms in total. The van der Waals surface area contributed by atoms with Gasteiger partial charge in [0, 0.05) is 35.1 Å². The third kappa shape index (κ3) is 5.61. The predicted octanol–water partition coefficient (Wildman–Crippen LogP) is 2.77. The number of methoxy groups -OCH3 is 1. The van der Waals surface area contributed by atoms with Crippen LogP contribution < -0.4 is 25.4 Å². The summed E-state index contributed by atoms with van der Waals surface area (Å²) in [5, 5.41) is 18.5. The van der Waals surface area contributed by atoms with Crippen molar-refractivity contribution in [3.8, 4) is 11.5 Å². The molecular weight excluding hydrogens is 472 g/mol. The molecule has 198 valence electrons. The molecule has 3 aliphatic rings. The molecule has 0 bridgehead atoms. The lowest BCUT2D eigenvalue weighted by molar-refractivity contribution is -0.125. The third-order valence-corrected chi connectivity index (χ3v) is 7.57. The molecule has 1 aromatic heterocycles. The Balaban J connectivity index is 1.32. The van der Waals surface area contributed by atoms with Gasteiger partial charge in [-0.1, -0.05) is 0 Å². The van der Waals surface area contributed by atoms with Crippen molar-refractivity contribution in [1.82, 2.24) is 20.9 Å². The number of allylic oxidation sites excluding steroid dienone is 1. The highest BCUT2D eigenvalue weighted by Gasteiger charge is 2.34. The van der Waals surface area contributed by atoms with Crippen LogP contribution in [-0.2, 0) is 9.59 Å². The van der Waals surface area contributed by atoms with Crippen molar-refractivity contribution >= 4 is 17.4 Å². The number of hydrogen-bond acceptors (Lipinski definition) is 6. The average Bonchev–Trinajstić information content (AvgIpc) is 3.62. The van der Waals surface area contributed by atoms with Crippen molar-refractivity contribution in [3.05, 3.63) is 53.0 Å². The molecule has 1 aliphatic heterocycles. The van der Waals surface area contributed by atoms with E-state index in [2.05, 4.69) is 20.9 Å². The van der Waals surface area contributed by atoms with Gasteiger partial charge in [0.2, 0.25) is 5.91 Å². The van der Waals surface area contributed by atoms with Crippen LogP contribution in [0.2, 0.25) is 0 Å². The minimum absolute atomic E-state index is 0.0343. The number of carbonyl (C=O) groups is 2. The van der Waals surface area contributed by atoms with Gasteiger partial charge in [-0.05, 0) is 75.6 Å². The highest BCUT2D eigenvalue weighted by atomic mass is 16.5. The fraction of sp³-hybridized carbons (Fsp3) is 0.500. The van der Waals surface area contributed by atoms with Crippen LogP contribution in [0.5, 0.6) is 11.5 Å². The molecule has 0 spiro atoms. The van der Waals surface area contributed by atoms with Gasteiger partial charge in [0.15, 0.2) is 0 Å². The number of hydrogen-bond donors (Lipinski definition) is 5. The summed E-state index contributed by atoms with van der Waals surface area (Å²) in [5.74, 6) is 1.74. The van der Waals surface area contributed by atoms with Crippen LogP contribution in [0.4, 0.5) is 0 Å². The number of aliphatic hydroxyl groups excluding tert-OH is 1. The van der Waals surface area contributed by atoms with E-state index in [1.54, 1.807) is 7.11 Å². The summed E-state index contributed by atoms with van der Waals surface area (Å²) in [4.78, 5) is 28.2. The summed E-state index contributed by atoms with van der Waals surface area (Å²) in [6.45, 7) is 2.14. The van der Waals surface area contributed by atoms with E-state index in [0.29, 0.717) is 18.1 Å². The first-order valence-electron chi connectivity index (χ1n) is 13.1. The van der Waals surface area contributed by atoms with Crippen molar-refractivity contribution in [3.63, 3.8) is 0 Å². The number of rotatable bonds is 9. The van der Waals surface area contributed by atoms with Crippen molar-refractivity contribution in [2.45, 2.75) is 63.6 Å². The molecule has 5 N–H and O–H groups in total. The van der Waals surface area contributed by atoms with E-state index in [1.165, 1.54) is 12.8 Å². The Labute approximate surface area is 217 Å². The Morgan fingerprint density at radius 1 is 1.03 bits per heavy atom. The second kappa shape index (κ2) is 10.9. The molecule has 2 saturated carbocycles. The molecule has 2 amide bonds. The Kier molecular flexibility index (Phi) is 7.41. The molecule has 0 radical (unpaired) electrons. The lowest BCUT2D eigenvalue weighted by Gasteiger charge is -2.32. The van der Waals surface area contributed by atoms with Crippen LogP contribution in [0.3, 0.4) is 0 Å². The predicted molar refractivity (Wildman–Crippen MR) is 139 cm³/mol. The number of ether oxygens (including phenoxy) is 2. The number of amides is 2. The molecule has 2 aliphatic carbocycles. The van der Waals surface area contributed by atoms with Crippen LogP contribution in [0.25, 0.3) is 5.57 Å². The minimum Gasteiger partial charge on any atom is -0.497 e. The Morgan fingerprint density at radius 3 is 2.43 bits per heavy atom. The monoisotopic (exact) mass is 508 g/mol. The number of H-pyrrole nitrogens is 1. The lowest BCUT2D eigenvalue weighted by Crippen LogP contribution is -2.45. The molecule has 2 heterocycles. The SMILES string of the molecule is COc1ccc(OCC2CC2)c(C2NC(C)=C(C(=O)NC3CCC(NC(=O)CO)CC3)c3[nH]ccc32)c1. The quantitative estimate of drug-likeness (QED) is 0.355. The molecular formula is C28H36N4O5. The number of aromatic nitrogens is 1. The van der Waals surface area contributed by atoms with Gasteiger partial charge in [-0.2, -0.15) is 0 Å². The number of aliphatic hydroxyl groups is 1. The fourth-order valence-electron chi connectivity index (χ4n) is 5.34. The van der Waals surface area contributed by atoms with Gasteiger partial charge < -0.3 is 35.5 Å². The van der Waals surface area contributed by atoms with E-state index >= 15 is 0 Å². The first kappa shape index (κ1) is 25.2. The highest BCUT2D eigenvalue weighted by molar-refractivity contribution is 6.20. The second-order valence-corrected chi connectivity index (χ2v) is 10.3. The number of aromatic amines is 1. The number of nitrogens with one attached hydrogen (secondary N) is 4. The standard InChI is InChI=1S/C28H36N4O5/c1-16-25(28(35)32-19-7-5-18(6-8-19)31-24(34)14-33)27-21(11-12-29-27)26(30-16)22-13-20(36-2)9-10-23(22)37-15-17-3-4-17/h9-13,17-19,26,29-30,33H,3-8,14-15H2,1-2H3,(H,31,34)(H,32,35). The molecule has 5 rings (SSSR count). The summed E-state index contributed by atoms with van der Waals surface area (Å²) >= 11 is 0. The molecule has 9 heteroatoms. The van der Waals surface area contributed by atoms with Gasteiger partial charge in [0.25, 0.3) is 5.91 Å². The Morgan fingerprint density at radius 2 is 1.76 bits per heavy atom. The summed E-state index contributed by atoms with van der Waals surface area (Å²) in [6, 6.07) is 7.78. The molecule has 2 aromatic rings. The third-order valence-electron chi connectivity index (χ3n) is 7.57. The normalized spacial score (nSPS) is 23.1. The first-order valence-corrected chi connectivity index (χ1v) is 13.1. The molecule has 1 unspecified atom stereocenters. The zero-order valence-corrected chi connectivity index (χ0v) is 21.4. The number of benzene rings is 1. The molecule has 37 heavy (non-hydrogen) atoms. The van der Waals surface area contributed by atoms with Crippen molar-refractivity contribution in [2.75, 3.05) is 20.3 Å². The van der Waals surface area contributed by atoms with Crippen LogP contribution in [0, 0.1) is 5.92 Å². The summed E-state index contributed by atoms with van der Waals surface area (Å²) in [5.41, 5.74) is 4.16. The zero-order chi connectivity index (χ0) is 25.9. The van der Waals surface area contributed by atoms with Gasteiger partial charge in [-0.3, -0.25) is 9.59 Å². The van der Waals surface area contributed by atoms with E-state index < -0.39 is 6.61 Å². The van der Waals surface area contributed by atoms with Gasteiger partial charge in [0.05, 0.1) is 31.0 Å². The maximum absolute atomic E-state index is 13.5. The number of carbonyl (C=O) groups excluding carboxylic acids is 2. The van der Waals surface area contributed by atoms with Crippen LogP contribution >= 0.6 is 0 Å². The van der Waals surface area contributed by atoms with Crippen molar-refractivity contribution in [2.24, 2.45) is 5.92 Å². The van der Waals surface area contributed by atoms with Crippen LogP contribution in [0.15, 0.2) is 36.2 Å². The molecule has 0 saturated heterocycles. The van der Waals surface area contributed by atoms with Gasteiger partial charge in [-0.15, -0.1) is 0 Å². The maximum Gasteiger partial charge on any atom is 0.255 e. The van der Waals surface area contributed by atoms with Gasteiger partial charge >= 0.3 is 0 Å².